The Kier molecular flexibility index (Phi) is 8.34. The SMILES string of the molecule is CC(C)(C)C(NC(=O)[C@@H](NC(=O)OCc1ccccc1)C1CCCCC1)C(C)(C)C. The number of benzene rings is 1. The van der Waals surface area contributed by atoms with Gasteiger partial charge in [-0.15, -0.1) is 0 Å². The van der Waals surface area contributed by atoms with Crippen LogP contribution in [0.1, 0.15) is 79.2 Å². The van der Waals surface area contributed by atoms with Crippen LogP contribution >= 0.6 is 0 Å². The Labute approximate surface area is 182 Å². The fourth-order valence-electron chi connectivity index (χ4n) is 4.72. The summed E-state index contributed by atoms with van der Waals surface area (Å²) in [5, 5.41) is 6.16. The molecule has 1 aromatic carbocycles. The average Bonchev–Trinajstić information content (AvgIpc) is 2.68. The van der Waals surface area contributed by atoms with Crippen molar-refractivity contribution in [3.63, 3.8) is 0 Å². The first-order valence-corrected chi connectivity index (χ1v) is 11.3. The molecule has 30 heavy (non-hydrogen) atoms. The van der Waals surface area contributed by atoms with Crippen molar-refractivity contribution < 1.29 is 14.3 Å². The molecule has 0 aromatic heterocycles. The summed E-state index contributed by atoms with van der Waals surface area (Å²) in [6, 6.07) is 8.98. The molecule has 1 aliphatic rings. The lowest BCUT2D eigenvalue weighted by Gasteiger charge is -2.42. The van der Waals surface area contributed by atoms with E-state index in [4.69, 9.17) is 4.74 Å². The molecular weight excluding hydrogens is 376 g/mol. The molecule has 0 bridgehead atoms. The molecule has 2 rings (SSSR count). The zero-order chi connectivity index (χ0) is 22.4. The molecular formula is C25H40N2O3. The summed E-state index contributed by atoms with van der Waals surface area (Å²) in [6.45, 7) is 13.0. The van der Waals surface area contributed by atoms with Crippen molar-refractivity contribution in [3.05, 3.63) is 35.9 Å². The maximum absolute atomic E-state index is 13.4. The van der Waals surface area contributed by atoms with E-state index in [-0.39, 0.29) is 35.3 Å². The highest BCUT2D eigenvalue weighted by molar-refractivity contribution is 5.86. The lowest BCUT2D eigenvalue weighted by Crippen LogP contribution is -2.58. The van der Waals surface area contributed by atoms with Gasteiger partial charge in [-0.05, 0) is 35.2 Å². The molecule has 5 nitrogen and oxygen atoms in total. The topological polar surface area (TPSA) is 67.4 Å². The molecule has 1 aromatic rings. The van der Waals surface area contributed by atoms with E-state index in [1.807, 2.05) is 30.3 Å². The van der Waals surface area contributed by atoms with Gasteiger partial charge in [-0.25, -0.2) is 4.79 Å². The van der Waals surface area contributed by atoms with E-state index < -0.39 is 12.1 Å². The summed E-state index contributed by atoms with van der Waals surface area (Å²) < 4.78 is 5.41. The third kappa shape index (κ3) is 7.33. The van der Waals surface area contributed by atoms with Gasteiger partial charge in [0.15, 0.2) is 0 Å². The lowest BCUT2D eigenvalue weighted by molar-refractivity contribution is -0.127. The molecule has 0 spiro atoms. The average molecular weight is 417 g/mol. The van der Waals surface area contributed by atoms with Crippen LogP contribution in [0.4, 0.5) is 4.79 Å². The molecule has 2 amide bonds. The molecule has 1 atom stereocenters. The van der Waals surface area contributed by atoms with E-state index >= 15 is 0 Å². The van der Waals surface area contributed by atoms with E-state index in [9.17, 15) is 9.59 Å². The zero-order valence-corrected chi connectivity index (χ0v) is 19.6. The van der Waals surface area contributed by atoms with Crippen LogP contribution in [0.25, 0.3) is 0 Å². The van der Waals surface area contributed by atoms with E-state index in [2.05, 4.69) is 52.2 Å². The number of ether oxygens (including phenoxy) is 1. The van der Waals surface area contributed by atoms with Crippen molar-refractivity contribution in [2.45, 2.75) is 92.3 Å². The molecule has 168 valence electrons. The molecule has 0 radical (unpaired) electrons. The van der Waals surface area contributed by atoms with Crippen molar-refractivity contribution in [1.29, 1.82) is 0 Å². The maximum atomic E-state index is 13.4. The first-order valence-electron chi connectivity index (χ1n) is 11.3. The number of hydrogen-bond acceptors (Lipinski definition) is 3. The fraction of sp³-hybridized carbons (Fsp3) is 0.680. The Bertz CT molecular complexity index is 669. The number of nitrogens with one attached hydrogen (secondary N) is 2. The molecule has 1 saturated carbocycles. The van der Waals surface area contributed by atoms with Crippen molar-refractivity contribution in [2.75, 3.05) is 0 Å². The van der Waals surface area contributed by atoms with Gasteiger partial charge >= 0.3 is 6.09 Å². The van der Waals surface area contributed by atoms with Gasteiger partial charge < -0.3 is 15.4 Å². The van der Waals surface area contributed by atoms with Gasteiger partial charge in [0.25, 0.3) is 0 Å². The molecule has 0 unspecified atom stereocenters. The standard InChI is InChI=1S/C25H40N2O3/c1-24(2,3)22(25(4,5)6)27-21(28)20(19-15-11-8-12-16-19)26-23(29)30-17-18-13-9-7-10-14-18/h7,9-10,13-14,19-20,22H,8,11-12,15-17H2,1-6H3,(H,26,29)(H,27,28)/t20-/m0/s1. The predicted molar refractivity (Wildman–Crippen MR) is 121 cm³/mol. The fourth-order valence-corrected chi connectivity index (χ4v) is 4.72. The quantitative estimate of drug-likeness (QED) is 0.649. The summed E-state index contributed by atoms with van der Waals surface area (Å²) in [5.74, 6) is 0.0389. The zero-order valence-electron chi connectivity index (χ0n) is 19.6. The van der Waals surface area contributed by atoms with E-state index in [1.54, 1.807) is 0 Å². The van der Waals surface area contributed by atoms with Crippen LogP contribution in [-0.4, -0.2) is 24.1 Å². The Morgan fingerprint density at radius 1 is 0.933 bits per heavy atom. The lowest BCUT2D eigenvalue weighted by atomic mass is 9.71. The highest BCUT2D eigenvalue weighted by atomic mass is 16.5. The van der Waals surface area contributed by atoms with Crippen LogP contribution in [0.3, 0.4) is 0 Å². The molecule has 0 aliphatic heterocycles. The minimum Gasteiger partial charge on any atom is -0.445 e. The first-order chi connectivity index (χ1) is 14.0. The normalized spacial score (nSPS) is 16.8. The Balaban J connectivity index is 2.09. The summed E-state index contributed by atoms with van der Waals surface area (Å²) in [4.78, 5) is 25.9. The Hall–Kier alpha value is -2.04. The molecule has 1 aliphatic carbocycles. The van der Waals surface area contributed by atoms with Gasteiger partial charge in [-0.2, -0.15) is 0 Å². The van der Waals surface area contributed by atoms with Gasteiger partial charge in [0.1, 0.15) is 12.6 Å². The number of hydrogen-bond donors (Lipinski definition) is 2. The third-order valence-electron chi connectivity index (χ3n) is 5.91. The molecule has 5 heteroatoms. The van der Waals surface area contributed by atoms with Crippen molar-refractivity contribution in [1.82, 2.24) is 10.6 Å². The first kappa shape index (κ1) is 24.2. The van der Waals surface area contributed by atoms with Gasteiger partial charge in [0.2, 0.25) is 5.91 Å². The smallest absolute Gasteiger partial charge is 0.408 e. The molecule has 2 N–H and O–H groups in total. The number of carbonyl (C=O) groups excluding carboxylic acids is 2. The summed E-state index contributed by atoms with van der Waals surface area (Å²) in [5.41, 5.74) is 0.726. The Morgan fingerprint density at radius 3 is 2.03 bits per heavy atom. The van der Waals surface area contributed by atoms with Crippen LogP contribution in [0.5, 0.6) is 0 Å². The highest BCUT2D eigenvalue weighted by Gasteiger charge is 2.39. The van der Waals surface area contributed by atoms with E-state index in [0.29, 0.717) is 0 Å². The Morgan fingerprint density at radius 2 is 1.50 bits per heavy atom. The molecule has 1 fully saturated rings. The van der Waals surface area contributed by atoms with Crippen LogP contribution in [0.15, 0.2) is 30.3 Å². The van der Waals surface area contributed by atoms with Gasteiger partial charge in [-0.1, -0.05) is 91.1 Å². The molecule has 0 saturated heterocycles. The monoisotopic (exact) mass is 416 g/mol. The molecule has 0 heterocycles. The number of alkyl carbamates (subject to hydrolysis) is 1. The third-order valence-corrected chi connectivity index (χ3v) is 5.91. The summed E-state index contributed by atoms with van der Waals surface area (Å²) in [7, 11) is 0. The predicted octanol–water partition coefficient (Wildman–Crippen LogP) is 5.44. The van der Waals surface area contributed by atoms with Crippen molar-refractivity contribution in [2.24, 2.45) is 16.7 Å². The van der Waals surface area contributed by atoms with E-state index in [0.717, 1.165) is 31.2 Å². The minimum atomic E-state index is -0.569. The number of carbonyl (C=O) groups is 2. The van der Waals surface area contributed by atoms with Gasteiger partial charge in [-0.3, -0.25) is 4.79 Å². The van der Waals surface area contributed by atoms with Crippen LogP contribution in [0, 0.1) is 16.7 Å². The second-order valence-electron chi connectivity index (χ2n) is 10.8. The number of amides is 2. The largest absolute Gasteiger partial charge is 0.445 e. The highest BCUT2D eigenvalue weighted by Crippen LogP contribution is 2.34. The van der Waals surface area contributed by atoms with E-state index in [1.165, 1.54) is 6.42 Å². The van der Waals surface area contributed by atoms with Gasteiger partial charge in [0, 0.05) is 6.04 Å². The van der Waals surface area contributed by atoms with Crippen molar-refractivity contribution in [3.8, 4) is 0 Å². The second-order valence-corrected chi connectivity index (χ2v) is 10.8. The van der Waals surface area contributed by atoms with Crippen LogP contribution in [-0.2, 0) is 16.1 Å². The van der Waals surface area contributed by atoms with Crippen molar-refractivity contribution >= 4 is 12.0 Å². The second kappa shape index (κ2) is 10.3. The van der Waals surface area contributed by atoms with Gasteiger partial charge in [0.05, 0.1) is 0 Å². The number of rotatable bonds is 6. The maximum Gasteiger partial charge on any atom is 0.408 e. The minimum absolute atomic E-state index is 0.0225. The summed E-state index contributed by atoms with van der Waals surface area (Å²) >= 11 is 0. The summed E-state index contributed by atoms with van der Waals surface area (Å²) in [6.07, 6.45) is 4.75. The van der Waals surface area contributed by atoms with Crippen LogP contribution in [0.2, 0.25) is 0 Å². The van der Waals surface area contributed by atoms with Crippen LogP contribution < -0.4 is 10.6 Å².